The van der Waals surface area contributed by atoms with E-state index in [1.165, 1.54) is 6.07 Å². The molecular formula is C13H16BrNO4S. The van der Waals surface area contributed by atoms with Crippen LogP contribution in [0.5, 0.6) is 0 Å². The summed E-state index contributed by atoms with van der Waals surface area (Å²) in [6.07, 6.45) is 2.10. The molecule has 1 rings (SSSR count). The number of nitrogens with one attached hydrogen (secondary N) is 1. The van der Waals surface area contributed by atoms with E-state index in [4.69, 9.17) is 5.11 Å². The molecule has 0 saturated carbocycles. The summed E-state index contributed by atoms with van der Waals surface area (Å²) in [6.45, 7) is 6.86. The molecule has 0 aliphatic heterocycles. The third kappa shape index (κ3) is 3.91. The van der Waals surface area contributed by atoms with Crippen molar-refractivity contribution in [2.45, 2.75) is 31.2 Å². The molecule has 7 heteroatoms. The number of carboxylic acids is 1. The summed E-state index contributed by atoms with van der Waals surface area (Å²) in [6, 6.07) is 2.24. The van der Waals surface area contributed by atoms with Crippen molar-refractivity contribution in [3.8, 4) is 0 Å². The molecule has 0 fully saturated rings. The zero-order chi connectivity index (χ0) is 15.5. The standard InChI is InChI=1S/C13H16BrNO4S/c1-4-5-8(2)15-20(18,19)10-6-11(13(16)17)9(3)12(14)7-10/h4,6-8,15H,1,5H2,2-3H3,(H,16,17). The van der Waals surface area contributed by atoms with Crippen LogP contribution in [0.4, 0.5) is 0 Å². The lowest BCUT2D eigenvalue weighted by Gasteiger charge is -2.14. The fourth-order valence-electron chi connectivity index (χ4n) is 1.66. The van der Waals surface area contributed by atoms with Crippen molar-refractivity contribution in [2.24, 2.45) is 0 Å². The van der Waals surface area contributed by atoms with E-state index in [1.807, 2.05) is 0 Å². The molecule has 110 valence electrons. The van der Waals surface area contributed by atoms with Gasteiger partial charge in [0.05, 0.1) is 10.5 Å². The Labute approximate surface area is 126 Å². The number of carbonyl (C=O) groups is 1. The maximum Gasteiger partial charge on any atom is 0.336 e. The molecule has 0 radical (unpaired) electrons. The number of rotatable bonds is 6. The Hall–Kier alpha value is -1.18. The maximum atomic E-state index is 12.2. The number of hydrogen-bond acceptors (Lipinski definition) is 3. The van der Waals surface area contributed by atoms with Gasteiger partial charge in [0.15, 0.2) is 0 Å². The minimum absolute atomic E-state index is 0.0453. The van der Waals surface area contributed by atoms with Crippen molar-refractivity contribution in [1.29, 1.82) is 0 Å². The van der Waals surface area contributed by atoms with Gasteiger partial charge < -0.3 is 5.11 Å². The van der Waals surface area contributed by atoms with Crippen LogP contribution in [0.15, 0.2) is 34.2 Å². The van der Waals surface area contributed by atoms with Crippen LogP contribution >= 0.6 is 15.9 Å². The monoisotopic (exact) mass is 361 g/mol. The average Bonchev–Trinajstić information content (AvgIpc) is 2.31. The summed E-state index contributed by atoms with van der Waals surface area (Å²) in [5, 5.41) is 9.10. The van der Waals surface area contributed by atoms with Gasteiger partial charge in [0.2, 0.25) is 10.0 Å². The third-order valence-electron chi connectivity index (χ3n) is 2.74. The number of hydrogen-bond donors (Lipinski definition) is 2. The van der Waals surface area contributed by atoms with Crippen LogP contribution in [-0.4, -0.2) is 25.5 Å². The molecule has 0 aromatic heterocycles. The number of halogens is 1. The second kappa shape index (κ2) is 6.51. The molecule has 0 aliphatic carbocycles. The Morgan fingerprint density at radius 2 is 2.15 bits per heavy atom. The number of sulfonamides is 1. The van der Waals surface area contributed by atoms with Gasteiger partial charge in [-0.05, 0) is 38.0 Å². The van der Waals surface area contributed by atoms with Crippen molar-refractivity contribution in [3.05, 3.63) is 40.4 Å². The predicted molar refractivity (Wildman–Crippen MR) is 80.4 cm³/mol. The lowest BCUT2D eigenvalue weighted by atomic mass is 10.1. The zero-order valence-electron chi connectivity index (χ0n) is 11.2. The first-order valence-corrected chi connectivity index (χ1v) is 8.13. The summed E-state index contributed by atoms with van der Waals surface area (Å²) in [4.78, 5) is 11.0. The number of aromatic carboxylic acids is 1. The van der Waals surface area contributed by atoms with E-state index >= 15 is 0 Å². The van der Waals surface area contributed by atoms with E-state index in [2.05, 4.69) is 27.2 Å². The average molecular weight is 362 g/mol. The van der Waals surface area contributed by atoms with Crippen molar-refractivity contribution in [1.82, 2.24) is 4.72 Å². The first-order chi connectivity index (χ1) is 9.19. The van der Waals surface area contributed by atoms with E-state index in [9.17, 15) is 13.2 Å². The third-order valence-corrected chi connectivity index (χ3v) is 5.13. The number of carboxylic acid groups (broad SMARTS) is 1. The second-order valence-corrected chi connectivity index (χ2v) is 7.00. The van der Waals surface area contributed by atoms with Crippen LogP contribution in [0.2, 0.25) is 0 Å². The Balaban J connectivity index is 3.26. The van der Waals surface area contributed by atoms with Gasteiger partial charge in [-0.2, -0.15) is 0 Å². The molecule has 1 unspecified atom stereocenters. The Morgan fingerprint density at radius 1 is 1.55 bits per heavy atom. The SMILES string of the molecule is C=CCC(C)NS(=O)(=O)c1cc(Br)c(C)c(C(=O)O)c1. The topological polar surface area (TPSA) is 83.5 Å². The summed E-state index contributed by atoms with van der Waals surface area (Å²) >= 11 is 3.18. The van der Waals surface area contributed by atoms with E-state index in [1.54, 1.807) is 19.9 Å². The van der Waals surface area contributed by atoms with Gasteiger partial charge in [0.1, 0.15) is 0 Å². The Kier molecular flexibility index (Phi) is 5.50. The van der Waals surface area contributed by atoms with Crippen LogP contribution in [0.25, 0.3) is 0 Å². The van der Waals surface area contributed by atoms with Crippen molar-refractivity contribution >= 4 is 31.9 Å². The van der Waals surface area contributed by atoms with Gasteiger partial charge in [0.25, 0.3) is 0 Å². The fraction of sp³-hybridized carbons (Fsp3) is 0.308. The van der Waals surface area contributed by atoms with E-state index in [-0.39, 0.29) is 16.5 Å². The molecule has 0 aliphatic rings. The molecule has 5 nitrogen and oxygen atoms in total. The second-order valence-electron chi connectivity index (χ2n) is 4.43. The zero-order valence-corrected chi connectivity index (χ0v) is 13.6. The maximum absolute atomic E-state index is 12.2. The minimum Gasteiger partial charge on any atom is -0.478 e. The highest BCUT2D eigenvalue weighted by Gasteiger charge is 2.21. The molecule has 0 bridgehead atoms. The highest BCUT2D eigenvalue weighted by molar-refractivity contribution is 9.10. The van der Waals surface area contributed by atoms with Crippen LogP contribution in [-0.2, 0) is 10.0 Å². The van der Waals surface area contributed by atoms with Crippen molar-refractivity contribution < 1.29 is 18.3 Å². The van der Waals surface area contributed by atoms with E-state index in [0.717, 1.165) is 6.07 Å². The molecule has 2 N–H and O–H groups in total. The van der Waals surface area contributed by atoms with Gasteiger partial charge in [-0.1, -0.05) is 22.0 Å². The van der Waals surface area contributed by atoms with Gasteiger partial charge in [-0.25, -0.2) is 17.9 Å². The molecule has 1 aromatic rings. The minimum atomic E-state index is -3.77. The van der Waals surface area contributed by atoms with E-state index < -0.39 is 16.0 Å². The lowest BCUT2D eigenvalue weighted by Crippen LogP contribution is -2.32. The largest absolute Gasteiger partial charge is 0.478 e. The van der Waals surface area contributed by atoms with Crippen molar-refractivity contribution in [3.63, 3.8) is 0 Å². The molecule has 1 atom stereocenters. The predicted octanol–water partition coefficient (Wildman–Crippen LogP) is 2.70. The normalized spacial score (nSPS) is 12.9. The quantitative estimate of drug-likeness (QED) is 0.763. The molecule has 0 heterocycles. The number of benzene rings is 1. The van der Waals surface area contributed by atoms with Gasteiger partial charge in [-0.3, -0.25) is 0 Å². The summed E-state index contributed by atoms with van der Waals surface area (Å²) in [5.41, 5.74) is 0.437. The first kappa shape index (κ1) is 16.9. The van der Waals surface area contributed by atoms with Gasteiger partial charge in [-0.15, -0.1) is 6.58 Å². The summed E-state index contributed by atoms with van der Waals surface area (Å²) < 4.78 is 27.3. The van der Waals surface area contributed by atoms with Crippen LogP contribution in [0.1, 0.15) is 29.3 Å². The van der Waals surface area contributed by atoms with E-state index in [0.29, 0.717) is 16.5 Å². The molecular weight excluding hydrogens is 346 g/mol. The van der Waals surface area contributed by atoms with Crippen LogP contribution in [0.3, 0.4) is 0 Å². The molecule has 0 saturated heterocycles. The lowest BCUT2D eigenvalue weighted by molar-refractivity contribution is 0.0695. The summed E-state index contributed by atoms with van der Waals surface area (Å²) in [5.74, 6) is -1.17. The highest BCUT2D eigenvalue weighted by Crippen LogP contribution is 2.25. The van der Waals surface area contributed by atoms with Gasteiger partial charge >= 0.3 is 5.97 Å². The molecule has 0 spiro atoms. The Morgan fingerprint density at radius 3 is 2.65 bits per heavy atom. The van der Waals surface area contributed by atoms with Crippen LogP contribution in [0, 0.1) is 6.92 Å². The Bertz CT molecular complexity index is 640. The van der Waals surface area contributed by atoms with Crippen LogP contribution < -0.4 is 4.72 Å². The van der Waals surface area contributed by atoms with Crippen molar-refractivity contribution in [2.75, 3.05) is 0 Å². The molecule has 0 amide bonds. The molecule has 1 aromatic carbocycles. The first-order valence-electron chi connectivity index (χ1n) is 5.85. The highest BCUT2D eigenvalue weighted by atomic mass is 79.9. The van der Waals surface area contributed by atoms with Gasteiger partial charge in [0, 0.05) is 10.5 Å². The fourth-order valence-corrected chi connectivity index (χ4v) is 3.58. The smallest absolute Gasteiger partial charge is 0.336 e. The summed E-state index contributed by atoms with van der Waals surface area (Å²) in [7, 11) is -3.77. The molecule has 20 heavy (non-hydrogen) atoms.